The van der Waals surface area contributed by atoms with E-state index in [9.17, 15) is 5.11 Å². The Hall–Kier alpha value is -0.610. The Morgan fingerprint density at radius 2 is 2.41 bits per heavy atom. The van der Waals surface area contributed by atoms with Crippen LogP contribution in [0.2, 0.25) is 5.02 Å². The van der Waals surface area contributed by atoms with Crippen LogP contribution < -0.4 is 0 Å². The topological polar surface area (TPSA) is 32.7 Å². The molecule has 0 aliphatic carbocycles. The van der Waals surface area contributed by atoms with Crippen molar-refractivity contribution in [3.63, 3.8) is 0 Å². The maximum atomic E-state index is 9.18. The summed E-state index contributed by atoms with van der Waals surface area (Å²) in [5.74, 6) is 0. The molecule has 2 rings (SSSR count). The van der Waals surface area contributed by atoms with Gasteiger partial charge in [-0.1, -0.05) is 23.7 Å². The van der Waals surface area contributed by atoms with E-state index in [1.165, 1.54) is 0 Å². The van der Waals surface area contributed by atoms with Crippen molar-refractivity contribution in [3.05, 3.63) is 34.9 Å². The second-order valence-corrected chi connectivity index (χ2v) is 4.88. The van der Waals surface area contributed by atoms with E-state index in [4.69, 9.17) is 16.3 Å². The Labute approximate surface area is 107 Å². The van der Waals surface area contributed by atoms with E-state index >= 15 is 0 Å². The van der Waals surface area contributed by atoms with E-state index in [2.05, 4.69) is 4.90 Å². The molecule has 2 unspecified atom stereocenters. The second kappa shape index (κ2) is 5.83. The summed E-state index contributed by atoms with van der Waals surface area (Å²) < 4.78 is 5.76. The summed E-state index contributed by atoms with van der Waals surface area (Å²) in [4.78, 5) is 2.25. The van der Waals surface area contributed by atoms with Gasteiger partial charge >= 0.3 is 0 Å². The number of hydrogen-bond donors (Lipinski definition) is 1. The third kappa shape index (κ3) is 3.19. The fourth-order valence-electron chi connectivity index (χ4n) is 2.09. The van der Waals surface area contributed by atoms with Gasteiger partial charge < -0.3 is 9.84 Å². The SMILES string of the molecule is CC(CO)N1CCOC(c2cccc(Cl)c2)C1. The first-order valence-corrected chi connectivity index (χ1v) is 6.30. The number of rotatable bonds is 3. The van der Waals surface area contributed by atoms with Gasteiger partial charge in [-0.25, -0.2) is 0 Å². The molecular weight excluding hydrogens is 238 g/mol. The summed E-state index contributed by atoms with van der Waals surface area (Å²) in [5.41, 5.74) is 1.10. The van der Waals surface area contributed by atoms with Gasteiger partial charge in [-0.05, 0) is 24.6 Å². The van der Waals surface area contributed by atoms with Crippen molar-refractivity contribution in [2.75, 3.05) is 26.3 Å². The number of hydrogen-bond acceptors (Lipinski definition) is 3. The van der Waals surface area contributed by atoms with Crippen molar-refractivity contribution in [2.45, 2.75) is 19.1 Å². The number of benzene rings is 1. The number of nitrogens with zero attached hydrogens (tertiary/aromatic N) is 1. The zero-order chi connectivity index (χ0) is 12.3. The fraction of sp³-hybridized carbons (Fsp3) is 0.538. The third-order valence-corrected chi connectivity index (χ3v) is 3.44. The highest BCUT2D eigenvalue weighted by Gasteiger charge is 2.24. The van der Waals surface area contributed by atoms with Gasteiger partial charge in [0.2, 0.25) is 0 Å². The van der Waals surface area contributed by atoms with Crippen LogP contribution in [0.1, 0.15) is 18.6 Å². The van der Waals surface area contributed by atoms with E-state index in [-0.39, 0.29) is 18.8 Å². The molecule has 1 saturated heterocycles. The lowest BCUT2D eigenvalue weighted by atomic mass is 10.1. The molecule has 0 amide bonds. The first-order chi connectivity index (χ1) is 8.20. The van der Waals surface area contributed by atoms with Gasteiger partial charge in [0.15, 0.2) is 0 Å². The molecule has 17 heavy (non-hydrogen) atoms. The highest BCUT2D eigenvalue weighted by atomic mass is 35.5. The zero-order valence-electron chi connectivity index (χ0n) is 9.97. The summed E-state index contributed by atoms with van der Waals surface area (Å²) >= 11 is 5.98. The quantitative estimate of drug-likeness (QED) is 0.898. The molecule has 1 fully saturated rings. The van der Waals surface area contributed by atoms with Crippen LogP contribution in [-0.2, 0) is 4.74 Å². The Balaban J connectivity index is 2.07. The molecule has 0 radical (unpaired) electrons. The monoisotopic (exact) mass is 255 g/mol. The summed E-state index contributed by atoms with van der Waals surface area (Å²) in [6, 6.07) is 7.96. The molecule has 0 aromatic heterocycles. The van der Waals surface area contributed by atoms with E-state index in [0.29, 0.717) is 6.61 Å². The molecular formula is C13H18ClNO2. The smallest absolute Gasteiger partial charge is 0.0953 e. The van der Waals surface area contributed by atoms with Crippen molar-refractivity contribution in [1.29, 1.82) is 0 Å². The molecule has 0 saturated carbocycles. The van der Waals surface area contributed by atoms with Gasteiger partial charge in [0.25, 0.3) is 0 Å². The fourth-order valence-corrected chi connectivity index (χ4v) is 2.29. The largest absolute Gasteiger partial charge is 0.395 e. The molecule has 1 heterocycles. The maximum Gasteiger partial charge on any atom is 0.0953 e. The molecule has 1 aliphatic heterocycles. The summed E-state index contributed by atoms with van der Waals surface area (Å²) in [6.07, 6.45) is 0.0523. The van der Waals surface area contributed by atoms with Crippen molar-refractivity contribution in [1.82, 2.24) is 4.90 Å². The molecule has 4 heteroatoms. The standard InChI is InChI=1S/C13H18ClNO2/c1-10(9-16)15-5-6-17-13(8-15)11-3-2-4-12(14)7-11/h2-4,7,10,13,16H,5-6,8-9H2,1H3. The van der Waals surface area contributed by atoms with Crippen LogP contribution in [0, 0.1) is 0 Å². The van der Waals surface area contributed by atoms with Gasteiger partial charge in [0.05, 0.1) is 19.3 Å². The van der Waals surface area contributed by atoms with Gasteiger partial charge in [-0.3, -0.25) is 4.90 Å². The Morgan fingerprint density at radius 1 is 1.59 bits per heavy atom. The normalized spacial score (nSPS) is 23.6. The van der Waals surface area contributed by atoms with Crippen LogP contribution in [-0.4, -0.2) is 42.4 Å². The lowest BCUT2D eigenvalue weighted by Crippen LogP contribution is -2.44. The number of aliphatic hydroxyl groups is 1. The summed E-state index contributed by atoms with van der Waals surface area (Å²) in [5, 5.41) is 9.92. The van der Waals surface area contributed by atoms with Gasteiger partial charge in [0.1, 0.15) is 0 Å². The molecule has 1 aromatic rings. The van der Waals surface area contributed by atoms with Crippen LogP contribution in [0.25, 0.3) is 0 Å². The second-order valence-electron chi connectivity index (χ2n) is 4.44. The van der Waals surface area contributed by atoms with Crippen LogP contribution >= 0.6 is 11.6 Å². The van der Waals surface area contributed by atoms with Crippen molar-refractivity contribution in [3.8, 4) is 0 Å². The van der Waals surface area contributed by atoms with E-state index in [0.717, 1.165) is 23.7 Å². The van der Waals surface area contributed by atoms with Crippen molar-refractivity contribution >= 4 is 11.6 Å². The Bertz CT molecular complexity index is 372. The van der Waals surface area contributed by atoms with Crippen molar-refractivity contribution in [2.24, 2.45) is 0 Å². The minimum atomic E-state index is 0.0523. The van der Waals surface area contributed by atoms with E-state index in [1.807, 2.05) is 31.2 Å². The van der Waals surface area contributed by atoms with Gasteiger partial charge in [-0.2, -0.15) is 0 Å². The number of aliphatic hydroxyl groups excluding tert-OH is 1. The minimum absolute atomic E-state index is 0.0523. The number of ether oxygens (including phenoxy) is 1. The number of morpholine rings is 1. The minimum Gasteiger partial charge on any atom is -0.395 e. The maximum absolute atomic E-state index is 9.18. The highest BCUT2D eigenvalue weighted by Crippen LogP contribution is 2.25. The summed E-state index contributed by atoms with van der Waals surface area (Å²) in [6.45, 7) is 4.59. The molecule has 2 atom stereocenters. The van der Waals surface area contributed by atoms with E-state index < -0.39 is 0 Å². The average Bonchev–Trinajstić information content (AvgIpc) is 2.38. The highest BCUT2D eigenvalue weighted by molar-refractivity contribution is 6.30. The zero-order valence-corrected chi connectivity index (χ0v) is 10.7. The van der Waals surface area contributed by atoms with E-state index in [1.54, 1.807) is 0 Å². The van der Waals surface area contributed by atoms with Crippen LogP contribution in [0.5, 0.6) is 0 Å². The molecule has 94 valence electrons. The average molecular weight is 256 g/mol. The van der Waals surface area contributed by atoms with Crippen molar-refractivity contribution < 1.29 is 9.84 Å². The molecule has 3 nitrogen and oxygen atoms in total. The molecule has 1 aliphatic rings. The first-order valence-electron chi connectivity index (χ1n) is 5.92. The van der Waals surface area contributed by atoms with Crippen LogP contribution in [0.4, 0.5) is 0 Å². The van der Waals surface area contributed by atoms with Gasteiger partial charge in [0, 0.05) is 24.2 Å². The van der Waals surface area contributed by atoms with Crippen LogP contribution in [0.15, 0.2) is 24.3 Å². The Kier molecular flexibility index (Phi) is 4.40. The Morgan fingerprint density at radius 3 is 3.12 bits per heavy atom. The molecule has 1 N–H and O–H groups in total. The predicted molar refractivity (Wildman–Crippen MR) is 68.3 cm³/mol. The molecule has 1 aromatic carbocycles. The third-order valence-electron chi connectivity index (χ3n) is 3.21. The number of halogens is 1. The first kappa shape index (κ1) is 12.8. The predicted octanol–water partition coefficient (Wildman–Crippen LogP) is 2.09. The lowest BCUT2D eigenvalue weighted by Gasteiger charge is -2.36. The van der Waals surface area contributed by atoms with Crippen LogP contribution in [0.3, 0.4) is 0 Å². The molecule has 0 bridgehead atoms. The summed E-state index contributed by atoms with van der Waals surface area (Å²) in [7, 11) is 0. The van der Waals surface area contributed by atoms with Gasteiger partial charge in [-0.15, -0.1) is 0 Å². The molecule has 0 spiro atoms. The lowest BCUT2D eigenvalue weighted by molar-refractivity contribution is -0.0492.